The lowest BCUT2D eigenvalue weighted by Gasteiger charge is -2.20. The minimum atomic E-state index is -1.09. The number of terminal acetylenes is 1. The standard InChI is InChI=1S/C25H38O5/c1-4-7-18-25(29,5-2)19-12-13-20-16-17-22(26)21(20)14-10-8-9-11-15-23(27)24(28)30-6-3/h2,12-13,20-21,29H,4,6-11,14-19H2,1,3H3/t20-,21+,25?/m0/s1. The molecule has 30 heavy (non-hydrogen) atoms. The monoisotopic (exact) mass is 418 g/mol. The summed E-state index contributed by atoms with van der Waals surface area (Å²) in [5.41, 5.74) is -1.09. The lowest BCUT2D eigenvalue weighted by Crippen LogP contribution is -2.25. The molecule has 0 aromatic rings. The van der Waals surface area contributed by atoms with Crippen LogP contribution >= 0.6 is 0 Å². The number of Topliss-reactive ketones (excluding diaryl/α,β-unsaturated/α-hetero) is 2. The molecule has 1 aliphatic rings. The van der Waals surface area contributed by atoms with E-state index in [1.165, 1.54) is 0 Å². The lowest BCUT2D eigenvalue weighted by molar-refractivity contribution is -0.153. The Bertz CT molecular complexity index is 630. The van der Waals surface area contributed by atoms with Crippen molar-refractivity contribution < 1.29 is 24.2 Å². The molecule has 0 aromatic carbocycles. The number of ketones is 2. The molecule has 5 nitrogen and oxygen atoms in total. The molecule has 0 spiro atoms. The Morgan fingerprint density at radius 2 is 1.97 bits per heavy atom. The number of rotatable bonds is 15. The van der Waals surface area contributed by atoms with E-state index >= 15 is 0 Å². The van der Waals surface area contributed by atoms with E-state index in [0.29, 0.717) is 31.5 Å². The largest absolute Gasteiger partial charge is 0.460 e. The van der Waals surface area contributed by atoms with Crippen LogP contribution in [-0.4, -0.2) is 34.9 Å². The molecule has 1 N–H and O–H groups in total. The molecule has 0 aromatic heterocycles. The minimum absolute atomic E-state index is 0.0389. The number of aliphatic hydroxyl groups is 1. The first-order valence-electron chi connectivity index (χ1n) is 11.5. The van der Waals surface area contributed by atoms with Crippen molar-refractivity contribution in [1.82, 2.24) is 0 Å². The van der Waals surface area contributed by atoms with E-state index in [-0.39, 0.29) is 24.9 Å². The van der Waals surface area contributed by atoms with E-state index in [2.05, 4.69) is 18.9 Å². The third kappa shape index (κ3) is 9.26. The highest BCUT2D eigenvalue weighted by molar-refractivity contribution is 6.33. The normalized spacial score (nSPS) is 20.8. The maximum absolute atomic E-state index is 12.3. The van der Waals surface area contributed by atoms with Gasteiger partial charge in [-0.2, -0.15) is 0 Å². The van der Waals surface area contributed by atoms with E-state index < -0.39 is 17.4 Å². The third-order valence-electron chi connectivity index (χ3n) is 5.88. The van der Waals surface area contributed by atoms with Gasteiger partial charge >= 0.3 is 5.97 Å². The number of unbranched alkanes of at least 4 members (excludes halogenated alkanes) is 4. The Morgan fingerprint density at radius 1 is 1.23 bits per heavy atom. The van der Waals surface area contributed by atoms with Crippen molar-refractivity contribution in [3.63, 3.8) is 0 Å². The van der Waals surface area contributed by atoms with Crippen molar-refractivity contribution in [3.8, 4) is 12.3 Å². The Morgan fingerprint density at radius 3 is 2.63 bits per heavy atom. The van der Waals surface area contributed by atoms with Gasteiger partial charge in [-0.1, -0.05) is 50.7 Å². The van der Waals surface area contributed by atoms with Gasteiger partial charge in [-0.05, 0) is 44.9 Å². The predicted octanol–water partition coefficient (Wildman–Crippen LogP) is 4.56. The van der Waals surface area contributed by atoms with Gasteiger partial charge in [0.05, 0.1) is 6.61 Å². The van der Waals surface area contributed by atoms with Crippen LogP contribution in [0.1, 0.15) is 90.9 Å². The molecule has 0 aliphatic heterocycles. The summed E-state index contributed by atoms with van der Waals surface area (Å²) in [5, 5.41) is 10.5. The second kappa shape index (κ2) is 14.1. The zero-order valence-electron chi connectivity index (χ0n) is 18.7. The van der Waals surface area contributed by atoms with Crippen molar-refractivity contribution in [2.45, 2.75) is 96.5 Å². The summed E-state index contributed by atoms with van der Waals surface area (Å²) in [6, 6.07) is 0. The fourth-order valence-electron chi connectivity index (χ4n) is 4.00. The first-order valence-corrected chi connectivity index (χ1v) is 11.5. The van der Waals surface area contributed by atoms with Gasteiger partial charge < -0.3 is 9.84 Å². The average Bonchev–Trinajstić information content (AvgIpc) is 3.08. The summed E-state index contributed by atoms with van der Waals surface area (Å²) in [6.45, 7) is 3.97. The van der Waals surface area contributed by atoms with Crippen molar-refractivity contribution in [2.75, 3.05) is 6.61 Å². The molecule has 5 heteroatoms. The first-order chi connectivity index (χ1) is 14.4. The van der Waals surface area contributed by atoms with E-state index in [0.717, 1.165) is 44.9 Å². The smallest absolute Gasteiger partial charge is 0.374 e. The number of esters is 1. The molecular formula is C25H38O5. The van der Waals surface area contributed by atoms with Crippen molar-refractivity contribution in [1.29, 1.82) is 0 Å². The zero-order chi connectivity index (χ0) is 22.4. The topological polar surface area (TPSA) is 80.7 Å². The summed E-state index contributed by atoms with van der Waals surface area (Å²) in [5.74, 6) is 1.90. The van der Waals surface area contributed by atoms with E-state index in [9.17, 15) is 19.5 Å². The third-order valence-corrected chi connectivity index (χ3v) is 5.88. The molecule has 1 fully saturated rings. The molecule has 1 aliphatic carbocycles. The Kier molecular flexibility index (Phi) is 12.3. The van der Waals surface area contributed by atoms with E-state index in [1.54, 1.807) is 6.92 Å². The Labute approximate surface area is 181 Å². The van der Waals surface area contributed by atoms with Crippen molar-refractivity contribution >= 4 is 17.5 Å². The van der Waals surface area contributed by atoms with Crippen LogP contribution in [0.3, 0.4) is 0 Å². The lowest BCUT2D eigenvalue weighted by atomic mass is 9.88. The van der Waals surface area contributed by atoms with Gasteiger partial charge in [0.2, 0.25) is 5.78 Å². The Hall–Kier alpha value is -1.93. The molecule has 0 radical (unpaired) electrons. The maximum atomic E-state index is 12.3. The molecular weight excluding hydrogens is 380 g/mol. The fraction of sp³-hybridized carbons (Fsp3) is 0.720. The second-order valence-corrected chi connectivity index (χ2v) is 8.28. The SMILES string of the molecule is C#CC(O)(CC=C[C@H]1CCC(=O)[C@@H]1CCCCCCC(=O)C(=O)OCC)CCCC. The highest BCUT2D eigenvalue weighted by Gasteiger charge is 2.32. The van der Waals surface area contributed by atoms with Crippen molar-refractivity contribution in [2.24, 2.45) is 11.8 Å². The molecule has 1 unspecified atom stereocenters. The van der Waals surface area contributed by atoms with Crippen LogP contribution in [-0.2, 0) is 19.1 Å². The fourth-order valence-corrected chi connectivity index (χ4v) is 4.00. The van der Waals surface area contributed by atoms with Crippen LogP contribution in [0.4, 0.5) is 0 Å². The molecule has 1 rings (SSSR count). The molecule has 0 heterocycles. The second-order valence-electron chi connectivity index (χ2n) is 8.28. The minimum Gasteiger partial charge on any atom is -0.460 e. The van der Waals surface area contributed by atoms with Gasteiger partial charge in [-0.15, -0.1) is 6.42 Å². The summed E-state index contributed by atoms with van der Waals surface area (Å²) in [6.07, 6.45) is 18.4. The molecule has 0 amide bonds. The van der Waals surface area contributed by atoms with Crippen LogP contribution in [0.25, 0.3) is 0 Å². The van der Waals surface area contributed by atoms with Gasteiger partial charge in [0.15, 0.2) is 0 Å². The molecule has 3 atom stereocenters. The molecule has 1 saturated carbocycles. The highest BCUT2D eigenvalue weighted by Crippen LogP contribution is 2.34. The van der Waals surface area contributed by atoms with Crippen LogP contribution in [0.5, 0.6) is 0 Å². The van der Waals surface area contributed by atoms with Gasteiger partial charge in [0.1, 0.15) is 11.4 Å². The number of hydrogen-bond donors (Lipinski definition) is 1. The van der Waals surface area contributed by atoms with E-state index in [1.807, 2.05) is 6.08 Å². The maximum Gasteiger partial charge on any atom is 0.374 e. The van der Waals surface area contributed by atoms with E-state index in [4.69, 9.17) is 11.2 Å². The van der Waals surface area contributed by atoms with Crippen LogP contribution in [0.2, 0.25) is 0 Å². The molecule has 0 saturated heterocycles. The number of carbonyl (C=O) groups excluding carboxylic acids is 3. The summed E-state index contributed by atoms with van der Waals surface area (Å²) in [7, 11) is 0. The number of allylic oxidation sites excluding steroid dienone is 1. The van der Waals surface area contributed by atoms with Gasteiger partial charge in [-0.25, -0.2) is 4.79 Å². The van der Waals surface area contributed by atoms with Gasteiger partial charge in [0.25, 0.3) is 0 Å². The van der Waals surface area contributed by atoms with Crippen LogP contribution in [0, 0.1) is 24.2 Å². The number of carbonyl (C=O) groups is 3. The highest BCUT2D eigenvalue weighted by atomic mass is 16.5. The first kappa shape index (κ1) is 26.1. The summed E-state index contributed by atoms with van der Waals surface area (Å²) in [4.78, 5) is 35.1. The van der Waals surface area contributed by atoms with Crippen LogP contribution in [0.15, 0.2) is 12.2 Å². The Balaban J connectivity index is 2.35. The number of ether oxygens (including phenoxy) is 1. The molecule has 168 valence electrons. The zero-order valence-corrected chi connectivity index (χ0v) is 18.7. The summed E-state index contributed by atoms with van der Waals surface area (Å²) < 4.78 is 4.69. The van der Waals surface area contributed by atoms with Crippen LogP contribution < -0.4 is 0 Å². The van der Waals surface area contributed by atoms with Crippen molar-refractivity contribution in [3.05, 3.63) is 12.2 Å². The number of hydrogen-bond acceptors (Lipinski definition) is 5. The predicted molar refractivity (Wildman–Crippen MR) is 118 cm³/mol. The average molecular weight is 419 g/mol. The van der Waals surface area contributed by atoms with Gasteiger partial charge in [0, 0.05) is 25.2 Å². The summed E-state index contributed by atoms with van der Waals surface area (Å²) >= 11 is 0. The van der Waals surface area contributed by atoms with Gasteiger partial charge in [-0.3, -0.25) is 9.59 Å². The quantitative estimate of drug-likeness (QED) is 0.139. The molecule has 0 bridgehead atoms.